The van der Waals surface area contributed by atoms with Crippen LogP contribution in [0.5, 0.6) is 0 Å². The molecule has 3 aromatic heterocycles. The number of aromatic nitrogens is 3. The fourth-order valence-electron chi connectivity index (χ4n) is 6.73. The van der Waals surface area contributed by atoms with Gasteiger partial charge < -0.3 is 4.57 Å². The first-order valence-corrected chi connectivity index (χ1v) is 15.0. The molecule has 0 saturated heterocycles. The summed E-state index contributed by atoms with van der Waals surface area (Å²) < 4.78 is 4.72. The van der Waals surface area contributed by atoms with E-state index in [2.05, 4.69) is 173 Å². The Kier molecular flexibility index (Phi) is 5.50. The molecular weight excluding hydrogens is 534 g/mol. The average molecular weight is 562 g/mol. The summed E-state index contributed by atoms with van der Waals surface area (Å²) in [5.41, 5.74) is 10.1. The molecule has 0 N–H and O–H groups in total. The van der Waals surface area contributed by atoms with E-state index in [9.17, 15) is 0 Å². The van der Waals surface area contributed by atoms with Crippen LogP contribution in [-0.4, -0.2) is 14.1 Å². The predicted molar refractivity (Wildman–Crippen MR) is 184 cm³/mol. The van der Waals surface area contributed by atoms with Crippen LogP contribution in [0.2, 0.25) is 0 Å². The zero-order chi connectivity index (χ0) is 29.0. The lowest BCUT2D eigenvalue weighted by molar-refractivity contribution is 1.08. The molecule has 0 radical (unpaired) electrons. The highest BCUT2D eigenvalue weighted by atomic mass is 15.1. The van der Waals surface area contributed by atoms with E-state index >= 15 is 0 Å². The molecule has 44 heavy (non-hydrogen) atoms. The Balaban J connectivity index is 1.36. The molecule has 3 heteroatoms. The van der Waals surface area contributed by atoms with Gasteiger partial charge in [-0.2, -0.15) is 0 Å². The molecule has 0 amide bonds. The molecule has 6 aromatic carbocycles. The van der Waals surface area contributed by atoms with E-state index in [1.54, 1.807) is 0 Å². The summed E-state index contributed by atoms with van der Waals surface area (Å²) in [6.07, 6.45) is 0. The van der Waals surface area contributed by atoms with Gasteiger partial charge in [0.25, 0.3) is 0 Å². The number of hydrogen-bond acceptors (Lipinski definition) is 1. The highest BCUT2D eigenvalue weighted by molar-refractivity contribution is 6.12. The molecule has 0 aliphatic carbocycles. The van der Waals surface area contributed by atoms with Crippen LogP contribution >= 0.6 is 0 Å². The predicted octanol–water partition coefficient (Wildman–Crippen LogP) is 10.6. The third-order valence-electron chi connectivity index (χ3n) is 8.71. The Hall–Kier alpha value is -5.93. The highest BCUT2D eigenvalue weighted by Gasteiger charge is 2.18. The number of nitrogens with zero attached hydrogens (tertiary/aromatic N) is 3. The molecule has 0 spiro atoms. The SMILES string of the molecule is c1ccc(-c2cc(-c3ccccc3)nc(-n3c4ccccc4c4ccc(-n5c6ccccc6c6ccccc65)cc43)c2)cc1. The molecule has 0 fully saturated rings. The third kappa shape index (κ3) is 3.80. The Bertz CT molecular complexity index is 2370. The van der Waals surface area contributed by atoms with Crippen molar-refractivity contribution in [1.29, 1.82) is 0 Å². The van der Waals surface area contributed by atoms with Gasteiger partial charge >= 0.3 is 0 Å². The van der Waals surface area contributed by atoms with Crippen molar-refractivity contribution >= 4 is 43.6 Å². The molecule has 0 saturated carbocycles. The van der Waals surface area contributed by atoms with Gasteiger partial charge in [0.1, 0.15) is 5.82 Å². The fourth-order valence-corrected chi connectivity index (χ4v) is 6.73. The van der Waals surface area contributed by atoms with Crippen LogP contribution in [0.3, 0.4) is 0 Å². The van der Waals surface area contributed by atoms with Crippen molar-refractivity contribution in [3.63, 3.8) is 0 Å². The van der Waals surface area contributed by atoms with Gasteiger partial charge in [-0.1, -0.05) is 121 Å². The smallest absolute Gasteiger partial charge is 0.138 e. The van der Waals surface area contributed by atoms with Gasteiger partial charge in [-0.15, -0.1) is 0 Å². The molecule has 3 heterocycles. The zero-order valence-electron chi connectivity index (χ0n) is 23.9. The maximum absolute atomic E-state index is 5.32. The molecule has 0 aliphatic rings. The lowest BCUT2D eigenvalue weighted by Crippen LogP contribution is -2.01. The number of hydrogen-bond donors (Lipinski definition) is 0. The minimum atomic E-state index is 0.899. The van der Waals surface area contributed by atoms with Crippen LogP contribution in [-0.2, 0) is 0 Å². The van der Waals surface area contributed by atoms with Gasteiger partial charge in [0, 0.05) is 32.8 Å². The monoisotopic (exact) mass is 561 g/mol. The van der Waals surface area contributed by atoms with Crippen molar-refractivity contribution in [2.75, 3.05) is 0 Å². The molecule has 0 atom stereocenters. The Morgan fingerprint density at radius 1 is 0.341 bits per heavy atom. The van der Waals surface area contributed by atoms with Gasteiger partial charge in [-0.05, 0) is 53.6 Å². The second-order valence-electron chi connectivity index (χ2n) is 11.3. The van der Waals surface area contributed by atoms with E-state index in [-0.39, 0.29) is 0 Å². The molecule has 3 nitrogen and oxygen atoms in total. The van der Waals surface area contributed by atoms with Crippen molar-refractivity contribution in [2.24, 2.45) is 0 Å². The topological polar surface area (TPSA) is 22.8 Å². The van der Waals surface area contributed by atoms with E-state index in [1.165, 1.54) is 38.1 Å². The molecule has 9 aromatic rings. The van der Waals surface area contributed by atoms with E-state index < -0.39 is 0 Å². The van der Waals surface area contributed by atoms with Crippen LogP contribution in [0.25, 0.3) is 77.5 Å². The van der Waals surface area contributed by atoms with Crippen molar-refractivity contribution in [1.82, 2.24) is 14.1 Å². The van der Waals surface area contributed by atoms with E-state index in [4.69, 9.17) is 4.98 Å². The lowest BCUT2D eigenvalue weighted by Gasteiger charge is -2.14. The largest absolute Gasteiger partial charge is 0.309 e. The minimum absolute atomic E-state index is 0.899. The maximum Gasteiger partial charge on any atom is 0.138 e. The number of pyridine rings is 1. The van der Waals surface area contributed by atoms with Crippen molar-refractivity contribution < 1.29 is 0 Å². The number of rotatable bonds is 4. The van der Waals surface area contributed by atoms with Crippen molar-refractivity contribution in [3.8, 4) is 33.9 Å². The standard InChI is InChI=1S/C41H27N3/c1-3-13-28(14-4-1)30-25-36(29-15-5-2-6-16-29)42-41(26-30)44-39-22-12-9-19-34(39)35-24-23-31(27-40(35)44)43-37-20-10-7-17-32(37)33-18-8-11-21-38(33)43/h1-27H. The highest BCUT2D eigenvalue weighted by Crippen LogP contribution is 2.37. The molecule has 9 rings (SSSR count). The normalized spacial score (nSPS) is 11.6. The molecule has 0 bridgehead atoms. The Morgan fingerprint density at radius 2 is 0.841 bits per heavy atom. The van der Waals surface area contributed by atoms with E-state index in [0.717, 1.165) is 39.4 Å². The summed E-state index contributed by atoms with van der Waals surface area (Å²) in [5.74, 6) is 0.899. The minimum Gasteiger partial charge on any atom is -0.309 e. The van der Waals surface area contributed by atoms with Gasteiger partial charge in [0.2, 0.25) is 0 Å². The zero-order valence-corrected chi connectivity index (χ0v) is 23.9. The summed E-state index contributed by atoms with van der Waals surface area (Å²) in [6, 6.07) is 58.3. The third-order valence-corrected chi connectivity index (χ3v) is 8.71. The molecular formula is C41H27N3. The Morgan fingerprint density at radius 3 is 1.45 bits per heavy atom. The summed E-state index contributed by atoms with van der Waals surface area (Å²) in [6.45, 7) is 0. The summed E-state index contributed by atoms with van der Waals surface area (Å²) in [4.78, 5) is 5.32. The second kappa shape index (κ2) is 9.82. The van der Waals surface area contributed by atoms with Gasteiger partial charge in [-0.25, -0.2) is 4.98 Å². The molecule has 0 aliphatic heterocycles. The fraction of sp³-hybridized carbons (Fsp3) is 0. The quantitative estimate of drug-likeness (QED) is 0.210. The Labute approximate surface area is 254 Å². The first kappa shape index (κ1) is 24.6. The van der Waals surface area contributed by atoms with Crippen LogP contribution in [0, 0.1) is 0 Å². The van der Waals surface area contributed by atoms with Gasteiger partial charge in [0.05, 0.1) is 27.8 Å². The van der Waals surface area contributed by atoms with Crippen molar-refractivity contribution in [3.05, 3.63) is 164 Å². The van der Waals surface area contributed by atoms with Gasteiger partial charge in [-0.3, -0.25) is 4.57 Å². The van der Waals surface area contributed by atoms with Gasteiger partial charge in [0.15, 0.2) is 0 Å². The second-order valence-corrected chi connectivity index (χ2v) is 11.3. The van der Waals surface area contributed by atoms with Crippen molar-refractivity contribution in [2.45, 2.75) is 0 Å². The lowest BCUT2D eigenvalue weighted by atomic mass is 10.0. The van der Waals surface area contributed by atoms with E-state index in [0.29, 0.717) is 0 Å². The summed E-state index contributed by atoms with van der Waals surface area (Å²) >= 11 is 0. The van der Waals surface area contributed by atoms with Crippen LogP contribution < -0.4 is 0 Å². The first-order chi connectivity index (χ1) is 21.8. The van der Waals surface area contributed by atoms with E-state index in [1.807, 2.05) is 0 Å². The summed E-state index contributed by atoms with van der Waals surface area (Å²) in [7, 11) is 0. The van der Waals surface area contributed by atoms with Crippen LogP contribution in [0.15, 0.2) is 164 Å². The first-order valence-electron chi connectivity index (χ1n) is 15.0. The number of para-hydroxylation sites is 3. The van der Waals surface area contributed by atoms with Crippen LogP contribution in [0.4, 0.5) is 0 Å². The maximum atomic E-state index is 5.32. The van der Waals surface area contributed by atoms with Crippen LogP contribution in [0.1, 0.15) is 0 Å². The average Bonchev–Trinajstić information content (AvgIpc) is 3.61. The molecule has 206 valence electrons. The molecule has 0 unspecified atom stereocenters. The summed E-state index contributed by atoms with van der Waals surface area (Å²) in [5, 5.41) is 4.93. The number of benzene rings is 6. The number of fused-ring (bicyclic) bond motifs is 6.